The van der Waals surface area contributed by atoms with E-state index in [1.807, 2.05) is 47.6 Å². The Morgan fingerprint density at radius 2 is 1.85 bits per heavy atom. The lowest BCUT2D eigenvalue weighted by atomic mass is 10.2. The Balaban J connectivity index is 1.56. The Labute approximate surface area is 163 Å². The minimum absolute atomic E-state index is 0.0903. The molecular formula is C19H24N4O3S. The third-order valence-electron chi connectivity index (χ3n) is 4.39. The van der Waals surface area contributed by atoms with Crippen LogP contribution in [0.3, 0.4) is 0 Å². The van der Waals surface area contributed by atoms with Crippen molar-refractivity contribution in [1.29, 1.82) is 0 Å². The molecule has 2 aromatic rings. The summed E-state index contributed by atoms with van der Waals surface area (Å²) in [7, 11) is 1.63. The molecule has 0 aliphatic carbocycles. The van der Waals surface area contributed by atoms with Crippen molar-refractivity contribution in [2.45, 2.75) is 4.90 Å². The van der Waals surface area contributed by atoms with Crippen molar-refractivity contribution in [2.24, 2.45) is 0 Å². The van der Waals surface area contributed by atoms with Crippen LogP contribution in [0.15, 0.2) is 41.3 Å². The number of hydrogen-bond donors (Lipinski definition) is 0. The lowest BCUT2D eigenvalue weighted by molar-refractivity contribution is 0.0743. The molecule has 27 heavy (non-hydrogen) atoms. The normalized spacial score (nSPS) is 14.3. The Hall–Kier alpha value is -2.32. The van der Waals surface area contributed by atoms with Gasteiger partial charge in [-0.1, -0.05) is 12.1 Å². The number of carbonyl (C=O) groups is 1. The number of thioether (sulfide) groups is 1. The number of amides is 1. The van der Waals surface area contributed by atoms with Crippen molar-refractivity contribution < 1.29 is 14.3 Å². The molecule has 1 aromatic carbocycles. The lowest BCUT2D eigenvalue weighted by Crippen LogP contribution is -2.49. The number of benzene rings is 1. The Bertz CT molecular complexity index is 749. The van der Waals surface area contributed by atoms with Gasteiger partial charge >= 0.3 is 0 Å². The summed E-state index contributed by atoms with van der Waals surface area (Å²) >= 11 is 1.60. The van der Waals surface area contributed by atoms with Crippen LogP contribution in [0.2, 0.25) is 0 Å². The summed E-state index contributed by atoms with van der Waals surface area (Å²) in [4.78, 5) is 17.9. The summed E-state index contributed by atoms with van der Waals surface area (Å²) in [5.74, 6) is 1.37. The first-order valence-corrected chi connectivity index (χ1v) is 10.1. The highest BCUT2D eigenvalue weighted by Crippen LogP contribution is 2.22. The van der Waals surface area contributed by atoms with Crippen LogP contribution in [0.25, 0.3) is 0 Å². The van der Waals surface area contributed by atoms with Gasteiger partial charge in [0.2, 0.25) is 5.88 Å². The molecule has 0 bridgehead atoms. The molecule has 7 nitrogen and oxygen atoms in total. The van der Waals surface area contributed by atoms with Gasteiger partial charge < -0.3 is 19.3 Å². The fourth-order valence-corrected chi connectivity index (χ4v) is 3.51. The predicted molar refractivity (Wildman–Crippen MR) is 106 cm³/mol. The number of carbonyl (C=O) groups excluding carboxylic acids is 1. The van der Waals surface area contributed by atoms with Gasteiger partial charge in [-0.2, -0.15) is 0 Å². The van der Waals surface area contributed by atoms with Gasteiger partial charge in [-0.3, -0.25) is 4.79 Å². The van der Waals surface area contributed by atoms with Gasteiger partial charge in [0, 0.05) is 44.3 Å². The van der Waals surface area contributed by atoms with E-state index < -0.39 is 0 Å². The van der Waals surface area contributed by atoms with Crippen LogP contribution in [-0.4, -0.2) is 73.8 Å². The highest BCUT2D eigenvalue weighted by molar-refractivity contribution is 7.98. The topological polar surface area (TPSA) is 67.8 Å². The molecule has 144 valence electrons. The third-order valence-corrected chi connectivity index (χ3v) is 5.19. The summed E-state index contributed by atoms with van der Waals surface area (Å²) in [6, 6.07) is 11.5. The lowest BCUT2D eigenvalue weighted by Gasteiger charge is -2.35. The van der Waals surface area contributed by atoms with Crippen molar-refractivity contribution in [3.63, 3.8) is 0 Å². The Kier molecular flexibility index (Phi) is 6.89. The molecule has 1 aliphatic rings. The number of nitrogens with zero attached hydrogens (tertiary/aromatic N) is 4. The molecule has 1 amide bonds. The first kappa shape index (κ1) is 19.4. The largest absolute Gasteiger partial charge is 0.474 e. The molecule has 0 spiro atoms. The molecule has 0 N–H and O–H groups in total. The van der Waals surface area contributed by atoms with E-state index in [0.717, 1.165) is 29.4 Å². The summed E-state index contributed by atoms with van der Waals surface area (Å²) in [5, 5.41) is 8.34. The highest BCUT2D eigenvalue weighted by atomic mass is 32.2. The molecular weight excluding hydrogens is 364 g/mol. The number of ether oxygens (including phenoxy) is 2. The number of anilines is 1. The average molecular weight is 388 g/mol. The first-order chi connectivity index (χ1) is 13.2. The molecule has 0 saturated carbocycles. The van der Waals surface area contributed by atoms with Crippen molar-refractivity contribution >= 4 is 23.5 Å². The first-order valence-electron chi connectivity index (χ1n) is 8.85. The predicted octanol–water partition coefficient (Wildman–Crippen LogP) is 2.19. The minimum atomic E-state index is 0.0903. The van der Waals surface area contributed by atoms with E-state index in [0.29, 0.717) is 32.2 Å². The van der Waals surface area contributed by atoms with E-state index in [1.165, 1.54) is 0 Å². The van der Waals surface area contributed by atoms with Crippen LogP contribution < -0.4 is 9.64 Å². The van der Waals surface area contributed by atoms with E-state index in [4.69, 9.17) is 9.47 Å². The van der Waals surface area contributed by atoms with Gasteiger partial charge in [0.05, 0.1) is 12.2 Å². The maximum absolute atomic E-state index is 12.8. The second-order valence-electron chi connectivity index (χ2n) is 6.05. The molecule has 2 heterocycles. The average Bonchev–Trinajstić information content (AvgIpc) is 2.74. The maximum Gasteiger partial charge on any atom is 0.255 e. The standard InChI is InChI=1S/C19H24N4O3S/c1-25-13-14-26-18-8-7-17(20-21-18)22-9-11-23(12-10-22)19(24)15-5-3-4-6-16(15)27-2/h3-8H,9-14H2,1-2H3. The van der Waals surface area contributed by atoms with Crippen LogP contribution >= 0.6 is 11.8 Å². The molecule has 8 heteroatoms. The smallest absolute Gasteiger partial charge is 0.255 e. The van der Waals surface area contributed by atoms with Gasteiger partial charge in [0.1, 0.15) is 6.61 Å². The number of piperazine rings is 1. The fraction of sp³-hybridized carbons (Fsp3) is 0.421. The summed E-state index contributed by atoms with van der Waals surface area (Å²) in [6.07, 6.45) is 1.99. The Morgan fingerprint density at radius 3 is 2.52 bits per heavy atom. The van der Waals surface area contributed by atoms with Crippen LogP contribution in [0.1, 0.15) is 10.4 Å². The van der Waals surface area contributed by atoms with Gasteiger partial charge in [-0.25, -0.2) is 0 Å². The summed E-state index contributed by atoms with van der Waals surface area (Å²) in [5.41, 5.74) is 0.774. The van der Waals surface area contributed by atoms with E-state index >= 15 is 0 Å². The summed E-state index contributed by atoms with van der Waals surface area (Å²) < 4.78 is 10.4. The third kappa shape index (κ3) is 4.90. The van der Waals surface area contributed by atoms with E-state index in [2.05, 4.69) is 15.1 Å². The zero-order valence-electron chi connectivity index (χ0n) is 15.6. The quantitative estimate of drug-likeness (QED) is 0.532. The van der Waals surface area contributed by atoms with Crippen LogP contribution in [0.5, 0.6) is 5.88 Å². The molecule has 3 rings (SSSR count). The second kappa shape index (κ2) is 9.57. The molecule has 0 unspecified atom stereocenters. The minimum Gasteiger partial charge on any atom is -0.474 e. The zero-order chi connectivity index (χ0) is 19.1. The molecule has 0 atom stereocenters. The molecule has 1 aromatic heterocycles. The van der Waals surface area contributed by atoms with Crippen molar-refractivity contribution in [3.05, 3.63) is 42.0 Å². The van der Waals surface area contributed by atoms with Gasteiger partial charge in [0.25, 0.3) is 5.91 Å². The SMILES string of the molecule is COCCOc1ccc(N2CCN(C(=O)c3ccccc3SC)CC2)nn1. The number of hydrogen-bond acceptors (Lipinski definition) is 7. The maximum atomic E-state index is 12.8. The van der Waals surface area contributed by atoms with Crippen molar-refractivity contribution in [3.8, 4) is 5.88 Å². The fourth-order valence-electron chi connectivity index (χ4n) is 2.92. The highest BCUT2D eigenvalue weighted by Gasteiger charge is 2.24. The molecule has 1 aliphatic heterocycles. The van der Waals surface area contributed by atoms with Crippen molar-refractivity contribution in [2.75, 3.05) is 57.7 Å². The molecule has 1 saturated heterocycles. The monoisotopic (exact) mass is 388 g/mol. The number of aromatic nitrogens is 2. The van der Waals surface area contributed by atoms with Crippen LogP contribution in [0, 0.1) is 0 Å². The number of rotatable bonds is 7. The van der Waals surface area contributed by atoms with E-state index in [9.17, 15) is 4.79 Å². The van der Waals surface area contributed by atoms with Crippen molar-refractivity contribution in [1.82, 2.24) is 15.1 Å². The van der Waals surface area contributed by atoms with E-state index in [1.54, 1.807) is 18.9 Å². The second-order valence-corrected chi connectivity index (χ2v) is 6.90. The summed E-state index contributed by atoms with van der Waals surface area (Å²) in [6.45, 7) is 3.74. The van der Waals surface area contributed by atoms with E-state index in [-0.39, 0.29) is 5.91 Å². The molecule has 0 radical (unpaired) electrons. The van der Waals surface area contributed by atoms with Crippen LogP contribution in [-0.2, 0) is 4.74 Å². The van der Waals surface area contributed by atoms with Gasteiger partial charge in [-0.05, 0) is 24.5 Å². The van der Waals surface area contributed by atoms with Gasteiger partial charge in [0.15, 0.2) is 5.82 Å². The number of methoxy groups -OCH3 is 1. The zero-order valence-corrected chi connectivity index (χ0v) is 16.4. The Morgan fingerprint density at radius 1 is 1.07 bits per heavy atom. The van der Waals surface area contributed by atoms with Gasteiger partial charge in [-0.15, -0.1) is 22.0 Å². The molecule has 1 fully saturated rings. The van der Waals surface area contributed by atoms with Crippen LogP contribution in [0.4, 0.5) is 5.82 Å².